The molecule has 0 radical (unpaired) electrons. The zero-order valence-corrected chi connectivity index (χ0v) is 7.59. The second-order valence-corrected chi connectivity index (χ2v) is 2.92. The maximum absolute atomic E-state index is 11.0. The first-order valence-electron chi connectivity index (χ1n) is 4.38. The molecule has 3 heteroatoms. The van der Waals surface area contributed by atoms with Gasteiger partial charge in [0.15, 0.2) is 0 Å². The van der Waals surface area contributed by atoms with Crippen LogP contribution in [0.4, 0.5) is 0 Å². The quantitative estimate of drug-likeness (QED) is 0.643. The summed E-state index contributed by atoms with van der Waals surface area (Å²) in [5.41, 5.74) is 0.594. The predicted octanol–water partition coefficient (Wildman–Crippen LogP) is 1.21. The highest BCUT2D eigenvalue weighted by atomic mass is 16.5. The van der Waals surface area contributed by atoms with Crippen LogP contribution in [0, 0.1) is 0 Å². The van der Waals surface area contributed by atoms with Gasteiger partial charge in [-0.25, -0.2) is 4.79 Å². The number of hydrogen-bond donors (Lipinski definition) is 1. The van der Waals surface area contributed by atoms with E-state index in [9.17, 15) is 4.79 Å². The van der Waals surface area contributed by atoms with E-state index in [0.717, 1.165) is 19.3 Å². The molecule has 1 heterocycles. The van der Waals surface area contributed by atoms with Crippen molar-refractivity contribution < 1.29 is 9.53 Å². The van der Waals surface area contributed by atoms with Crippen LogP contribution in [0.2, 0.25) is 0 Å². The van der Waals surface area contributed by atoms with Crippen molar-refractivity contribution in [3.05, 3.63) is 11.8 Å². The highest BCUT2D eigenvalue weighted by molar-refractivity contribution is 5.90. The van der Waals surface area contributed by atoms with E-state index in [-0.39, 0.29) is 12.1 Å². The zero-order chi connectivity index (χ0) is 8.97. The Balaban J connectivity index is 2.41. The number of carbonyl (C=O) groups is 1. The molecular weight excluding hydrogens is 154 g/mol. The first-order valence-corrected chi connectivity index (χ1v) is 4.38. The summed E-state index contributed by atoms with van der Waals surface area (Å²) in [7, 11) is 1.73. The van der Waals surface area contributed by atoms with Crippen molar-refractivity contribution in [2.75, 3.05) is 7.05 Å². The van der Waals surface area contributed by atoms with E-state index in [1.807, 2.05) is 6.08 Å². The molecule has 0 saturated heterocycles. The first-order chi connectivity index (χ1) is 5.77. The van der Waals surface area contributed by atoms with Crippen molar-refractivity contribution in [2.45, 2.75) is 32.3 Å². The third-order valence-corrected chi connectivity index (χ3v) is 1.94. The summed E-state index contributed by atoms with van der Waals surface area (Å²) in [4.78, 5) is 11.0. The summed E-state index contributed by atoms with van der Waals surface area (Å²) in [5.74, 6) is -0.224. The van der Waals surface area contributed by atoms with Crippen LogP contribution in [0.1, 0.15) is 26.2 Å². The lowest BCUT2D eigenvalue weighted by Gasteiger charge is -2.05. The van der Waals surface area contributed by atoms with Gasteiger partial charge in [0.05, 0.1) is 0 Å². The Morgan fingerprint density at radius 1 is 1.67 bits per heavy atom. The van der Waals surface area contributed by atoms with Crippen LogP contribution in [0.25, 0.3) is 0 Å². The fourth-order valence-corrected chi connectivity index (χ4v) is 1.22. The fourth-order valence-electron chi connectivity index (χ4n) is 1.22. The standard InChI is InChI=1S/C9H15NO2/c1-3-4-5-7-6-8(10-2)9(11)12-7/h6-7,10H,3-5H2,1-2H3. The monoisotopic (exact) mass is 169 g/mol. The number of nitrogens with one attached hydrogen (secondary N) is 1. The molecule has 0 spiro atoms. The van der Waals surface area contributed by atoms with E-state index in [1.165, 1.54) is 0 Å². The Morgan fingerprint density at radius 3 is 2.92 bits per heavy atom. The van der Waals surface area contributed by atoms with Gasteiger partial charge in [-0.05, 0) is 18.9 Å². The molecule has 0 aromatic rings. The molecule has 0 saturated carbocycles. The van der Waals surface area contributed by atoms with E-state index < -0.39 is 0 Å². The smallest absolute Gasteiger partial charge is 0.354 e. The van der Waals surface area contributed by atoms with Crippen LogP contribution >= 0.6 is 0 Å². The van der Waals surface area contributed by atoms with Gasteiger partial charge >= 0.3 is 5.97 Å². The molecule has 1 unspecified atom stereocenters. The van der Waals surface area contributed by atoms with E-state index in [0.29, 0.717) is 5.70 Å². The minimum absolute atomic E-state index is 0.0000926. The summed E-state index contributed by atoms with van der Waals surface area (Å²) in [5, 5.41) is 2.81. The SMILES string of the molecule is CCCCC1C=C(NC)C(=O)O1. The largest absolute Gasteiger partial charge is 0.453 e. The van der Waals surface area contributed by atoms with Crippen molar-refractivity contribution in [1.29, 1.82) is 0 Å². The molecule has 1 aliphatic heterocycles. The maximum Gasteiger partial charge on any atom is 0.354 e. The molecule has 1 atom stereocenters. The van der Waals surface area contributed by atoms with Crippen LogP contribution < -0.4 is 5.32 Å². The average Bonchev–Trinajstić information content (AvgIpc) is 2.43. The number of rotatable bonds is 4. The summed E-state index contributed by atoms with van der Waals surface area (Å²) in [6.45, 7) is 2.12. The zero-order valence-electron chi connectivity index (χ0n) is 7.59. The summed E-state index contributed by atoms with van der Waals surface area (Å²) in [6, 6.07) is 0. The summed E-state index contributed by atoms with van der Waals surface area (Å²) in [6.07, 6.45) is 5.04. The Morgan fingerprint density at radius 2 is 2.42 bits per heavy atom. The summed E-state index contributed by atoms with van der Waals surface area (Å²) >= 11 is 0. The number of unbranched alkanes of at least 4 members (excludes halogenated alkanes) is 1. The lowest BCUT2D eigenvalue weighted by Crippen LogP contribution is -2.13. The number of cyclic esters (lactones) is 1. The van der Waals surface area contributed by atoms with Gasteiger partial charge in [0, 0.05) is 7.05 Å². The Bertz CT molecular complexity index is 199. The lowest BCUT2D eigenvalue weighted by molar-refractivity contribution is -0.140. The number of likely N-dealkylation sites (N-methyl/N-ethyl adjacent to an activating group) is 1. The van der Waals surface area contributed by atoms with E-state index >= 15 is 0 Å². The van der Waals surface area contributed by atoms with E-state index in [2.05, 4.69) is 12.2 Å². The maximum atomic E-state index is 11.0. The molecule has 0 fully saturated rings. The topological polar surface area (TPSA) is 38.3 Å². The molecule has 0 aromatic heterocycles. The van der Waals surface area contributed by atoms with Crippen LogP contribution in [0.15, 0.2) is 11.8 Å². The summed E-state index contributed by atoms with van der Waals surface area (Å²) < 4.78 is 5.07. The van der Waals surface area contributed by atoms with Gasteiger partial charge in [-0.1, -0.05) is 13.3 Å². The molecule has 68 valence electrons. The molecular formula is C9H15NO2. The highest BCUT2D eigenvalue weighted by Crippen LogP contribution is 2.15. The first kappa shape index (κ1) is 9.10. The van der Waals surface area contributed by atoms with Gasteiger partial charge in [0.1, 0.15) is 11.8 Å². The average molecular weight is 169 g/mol. The minimum atomic E-state index is -0.224. The van der Waals surface area contributed by atoms with Crippen LogP contribution in [0.5, 0.6) is 0 Å². The van der Waals surface area contributed by atoms with Gasteiger partial charge < -0.3 is 10.1 Å². The van der Waals surface area contributed by atoms with Gasteiger partial charge in [-0.2, -0.15) is 0 Å². The molecule has 0 aliphatic carbocycles. The van der Waals surface area contributed by atoms with Crippen molar-refractivity contribution >= 4 is 5.97 Å². The molecule has 12 heavy (non-hydrogen) atoms. The van der Waals surface area contributed by atoms with Crippen molar-refractivity contribution in [3.63, 3.8) is 0 Å². The number of ether oxygens (including phenoxy) is 1. The molecule has 1 rings (SSSR count). The third-order valence-electron chi connectivity index (χ3n) is 1.94. The molecule has 0 bridgehead atoms. The molecule has 3 nitrogen and oxygen atoms in total. The Hall–Kier alpha value is -0.990. The van der Waals surface area contributed by atoms with Gasteiger partial charge in [0.2, 0.25) is 0 Å². The third kappa shape index (κ3) is 2.00. The van der Waals surface area contributed by atoms with Crippen molar-refractivity contribution in [3.8, 4) is 0 Å². The van der Waals surface area contributed by atoms with Crippen LogP contribution in [-0.2, 0) is 9.53 Å². The number of carbonyl (C=O) groups excluding carboxylic acids is 1. The highest BCUT2D eigenvalue weighted by Gasteiger charge is 2.23. The number of esters is 1. The lowest BCUT2D eigenvalue weighted by atomic mass is 10.1. The normalized spacial score (nSPS) is 22.0. The van der Waals surface area contributed by atoms with Gasteiger partial charge in [-0.3, -0.25) is 0 Å². The molecule has 0 amide bonds. The molecule has 0 aromatic carbocycles. The predicted molar refractivity (Wildman–Crippen MR) is 46.5 cm³/mol. The Kier molecular flexibility index (Phi) is 3.14. The van der Waals surface area contributed by atoms with Gasteiger partial charge in [0.25, 0.3) is 0 Å². The van der Waals surface area contributed by atoms with Crippen LogP contribution in [0.3, 0.4) is 0 Å². The minimum Gasteiger partial charge on any atom is -0.453 e. The van der Waals surface area contributed by atoms with E-state index in [4.69, 9.17) is 4.74 Å². The Labute approximate surface area is 72.8 Å². The van der Waals surface area contributed by atoms with E-state index in [1.54, 1.807) is 7.05 Å². The second kappa shape index (κ2) is 4.14. The van der Waals surface area contributed by atoms with Crippen molar-refractivity contribution in [1.82, 2.24) is 5.32 Å². The second-order valence-electron chi connectivity index (χ2n) is 2.92. The van der Waals surface area contributed by atoms with Crippen LogP contribution in [-0.4, -0.2) is 19.1 Å². The van der Waals surface area contributed by atoms with Gasteiger partial charge in [-0.15, -0.1) is 0 Å². The number of hydrogen-bond acceptors (Lipinski definition) is 3. The molecule has 1 aliphatic rings. The molecule has 1 N–H and O–H groups in total. The van der Waals surface area contributed by atoms with Crippen molar-refractivity contribution in [2.24, 2.45) is 0 Å². The fraction of sp³-hybridized carbons (Fsp3) is 0.667.